The van der Waals surface area contributed by atoms with Gasteiger partial charge in [0.25, 0.3) is 0 Å². The summed E-state index contributed by atoms with van der Waals surface area (Å²) >= 11 is 0. The largest absolute Gasteiger partial charge is 0.523 e. The van der Waals surface area contributed by atoms with Crippen LogP contribution in [-0.2, 0) is 24.9 Å². The molecule has 0 aliphatic carbocycles. The molecule has 19 heavy (non-hydrogen) atoms. The van der Waals surface area contributed by atoms with Gasteiger partial charge in [-0.05, 0) is 6.92 Å². The zero-order valence-corrected chi connectivity index (χ0v) is 10.9. The van der Waals surface area contributed by atoms with Crippen LogP contribution in [0.5, 0.6) is 0 Å². The molecule has 0 amide bonds. The summed E-state index contributed by atoms with van der Waals surface area (Å²) in [4.78, 5) is 0. The maximum absolute atomic E-state index is 11.3. The molecule has 0 heterocycles. The molecule has 0 atom stereocenters. The van der Waals surface area contributed by atoms with Crippen molar-refractivity contribution in [1.82, 2.24) is 0 Å². The fourth-order valence-corrected chi connectivity index (χ4v) is 0.666. The van der Waals surface area contributed by atoms with Crippen molar-refractivity contribution in [2.75, 3.05) is 6.61 Å². The van der Waals surface area contributed by atoms with Crippen LogP contribution in [0, 0.1) is 0 Å². The van der Waals surface area contributed by atoms with E-state index in [1.165, 1.54) is 0 Å². The predicted molar refractivity (Wildman–Crippen MR) is 48.0 cm³/mol. The molecule has 0 saturated carbocycles. The molecule has 0 aromatic heterocycles. The summed E-state index contributed by atoms with van der Waals surface area (Å²) in [6.45, 7) is 0.831. The van der Waals surface area contributed by atoms with Crippen molar-refractivity contribution in [2.45, 2.75) is 25.5 Å². The lowest BCUT2D eigenvalue weighted by Crippen LogP contribution is -2.25. The lowest BCUT2D eigenvalue weighted by Gasteiger charge is -2.05. The van der Waals surface area contributed by atoms with E-state index in [0.29, 0.717) is 0 Å². The third-order valence-electron chi connectivity index (χ3n) is 0.556. The minimum absolute atomic E-state index is 0.188. The molecule has 0 aliphatic rings. The monoisotopic (exact) mass is 342 g/mol. The molecule has 118 valence electrons. The van der Waals surface area contributed by atoms with Gasteiger partial charge in [0.15, 0.2) is 0 Å². The van der Waals surface area contributed by atoms with Crippen molar-refractivity contribution in [3.05, 3.63) is 0 Å². The van der Waals surface area contributed by atoms with Gasteiger partial charge in [-0.2, -0.15) is 34.8 Å². The van der Waals surface area contributed by atoms with Gasteiger partial charge in [0.2, 0.25) is 0 Å². The second-order valence-electron chi connectivity index (χ2n) is 2.29. The van der Waals surface area contributed by atoms with Gasteiger partial charge < -0.3 is 0 Å². The third-order valence-corrected chi connectivity index (χ3v) is 1.67. The van der Waals surface area contributed by atoms with Crippen molar-refractivity contribution in [1.29, 1.82) is 0 Å². The van der Waals surface area contributed by atoms with E-state index in [2.05, 4.69) is 4.18 Å². The molecule has 0 bridgehead atoms. The Morgan fingerprint density at radius 2 is 1.21 bits per heavy atom. The minimum atomic E-state index is -5.35. The Morgan fingerprint density at radius 3 is 1.26 bits per heavy atom. The highest BCUT2D eigenvalue weighted by molar-refractivity contribution is 7.87. The number of hydrogen-bond acceptors (Lipinski definition) is 6. The number of rotatable bonds is 2. The Labute approximate surface area is 105 Å². The molecule has 0 aliphatic heterocycles. The van der Waals surface area contributed by atoms with Crippen LogP contribution in [0.4, 0.5) is 26.3 Å². The van der Waals surface area contributed by atoms with Crippen molar-refractivity contribution in [3.8, 4) is 0 Å². The molecule has 0 saturated heterocycles. The smallest absolute Gasteiger partial charge is 0.263 e. The molecule has 0 unspecified atom stereocenters. The van der Waals surface area contributed by atoms with Crippen LogP contribution in [0.15, 0.2) is 0 Å². The second-order valence-corrected chi connectivity index (χ2v) is 4.31. The van der Waals surface area contributed by atoms with Gasteiger partial charge >= 0.3 is 32.4 Å². The fourth-order valence-electron chi connectivity index (χ4n) is 0.222. The Balaban J connectivity index is -0.000000238. The zero-order valence-electron chi connectivity index (χ0n) is 9.24. The number of halogens is 6. The molecule has 0 aromatic rings. The molecule has 0 spiro atoms. The van der Waals surface area contributed by atoms with Gasteiger partial charge in [0.1, 0.15) is 0 Å². The van der Waals surface area contributed by atoms with E-state index in [1.807, 2.05) is 0 Å². The number of hydrogen-bond donors (Lipinski definition) is 0. The van der Waals surface area contributed by atoms with Crippen LogP contribution in [-0.4, -0.2) is 39.3 Å². The van der Waals surface area contributed by atoms with Crippen LogP contribution < -0.4 is 0 Å². The summed E-state index contributed by atoms with van der Waals surface area (Å²) in [6, 6.07) is 0. The lowest BCUT2D eigenvalue weighted by molar-refractivity contribution is -0.110. The van der Waals surface area contributed by atoms with Crippen LogP contribution in [0.2, 0.25) is 0 Å². The first-order chi connectivity index (χ1) is 8.04. The highest BCUT2D eigenvalue weighted by Gasteiger charge is 2.46. The lowest BCUT2D eigenvalue weighted by atomic mass is 10.8. The third kappa shape index (κ3) is 26.6. The van der Waals surface area contributed by atoms with Crippen molar-refractivity contribution < 1.29 is 51.6 Å². The zero-order chi connectivity index (χ0) is 16.5. The summed E-state index contributed by atoms with van der Waals surface area (Å²) in [6.07, 6.45) is -4.00. The fraction of sp³-hybridized carbons (Fsp3) is 1.00. The van der Waals surface area contributed by atoms with Gasteiger partial charge in [-0.1, -0.05) is 0 Å². The van der Waals surface area contributed by atoms with E-state index in [1.54, 1.807) is 0 Å². The first kappa shape index (κ1) is 23.2. The maximum Gasteiger partial charge on any atom is 0.523 e. The maximum atomic E-state index is 11.3. The molecule has 14 heteroatoms. The Bertz CT molecular complexity index is 418. The average molecular weight is 342 g/mol. The topological polar surface area (TPSA) is 94.6 Å². The Kier molecular flexibility index (Phi) is 11.1. The SMILES string of the molecule is CC(F)(F)F.CCOS(=O)(=O)C(F)(F)F.O=S(=O)=O. The van der Waals surface area contributed by atoms with Crippen molar-refractivity contribution in [3.63, 3.8) is 0 Å². The van der Waals surface area contributed by atoms with Crippen LogP contribution in [0.3, 0.4) is 0 Å². The van der Waals surface area contributed by atoms with Crippen molar-refractivity contribution >= 4 is 20.7 Å². The van der Waals surface area contributed by atoms with Gasteiger partial charge in [0, 0.05) is 6.92 Å². The summed E-state index contributed by atoms with van der Waals surface area (Å²) in [5, 5.41) is 0. The summed E-state index contributed by atoms with van der Waals surface area (Å²) in [7, 11) is -8.46. The van der Waals surface area contributed by atoms with Crippen LogP contribution in [0.25, 0.3) is 0 Å². The normalized spacial score (nSPS) is 11.6. The second kappa shape index (κ2) is 9.08. The van der Waals surface area contributed by atoms with Crippen LogP contribution in [0.1, 0.15) is 13.8 Å². The summed E-state index contributed by atoms with van der Waals surface area (Å²) < 4.78 is 114. The molecule has 0 rings (SSSR count). The quantitative estimate of drug-likeness (QED) is 0.428. The minimum Gasteiger partial charge on any atom is -0.263 e. The number of alkyl halides is 6. The van der Waals surface area contributed by atoms with Crippen molar-refractivity contribution in [2.24, 2.45) is 0 Å². The summed E-state index contributed by atoms with van der Waals surface area (Å²) in [5.41, 5.74) is -5.30. The highest BCUT2D eigenvalue weighted by atomic mass is 32.2. The molecule has 0 aromatic carbocycles. The van der Waals surface area contributed by atoms with E-state index in [-0.39, 0.29) is 6.92 Å². The predicted octanol–water partition coefficient (Wildman–Crippen LogP) is 1.44. The highest BCUT2D eigenvalue weighted by Crippen LogP contribution is 2.24. The van der Waals surface area contributed by atoms with E-state index in [9.17, 15) is 34.8 Å². The average Bonchev–Trinajstić information content (AvgIpc) is 1.95. The van der Waals surface area contributed by atoms with Gasteiger partial charge in [-0.3, -0.25) is 4.18 Å². The Hall–Kier alpha value is -0.890. The van der Waals surface area contributed by atoms with Gasteiger partial charge in [0.05, 0.1) is 6.61 Å². The molecular weight excluding hydrogens is 334 g/mol. The Morgan fingerprint density at radius 1 is 1.00 bits per heavy atom. The first-order valence-corrected chi connectivity index (χ1v) is 6.24. The summed E-state index contributed by atoms with van der Waals surface area (Å²) in [5.74, 6) is 0. The van der Waals surface area contributed by atoms with E-state index in [4.69, 9.17) is 12.6 Å². The van der Waals surface area contributed by atoms with Crippen LogP contribution >= 0.6 is 0 Å². The van der Waals surface area contributed by atoms with Gasteiger partial charge in [-0.25, -0.2) is 0 Å². The molecule has 0 radical (unpaired) electrons. The van der Waals surface area contributed by atoms with Gasteiger partial charge in [-0.15, -0.1) is 12.6 Å². The first-order valence-electron chi connectivity index (χ1n) is 3.83. The van der Waals surface area contributed by atoms with E-state index in [0.717, 1.165) is 6.92 Å². The van der Waals surface area contributed by atoms with E-state index >= 15 is 0 Å². The molecule has 0 fully saturated rings. The molecule has 0 N–H and O–H groups in total. The standard InChI is InChI=1S/C3H5F3O3S.C2H3F3.O3S/c1-2-9-10(7,8)3(4,5)6;1-2(3,4)5;1-4(2)3/h2H2,1H3;1H3;. The molecular formula is C5H8F6O6S2. The molecule has 6 nitrogen and oxygen atoms in total. The van der Waals surface area contributed by atoms with E-state index < -0.39 is 39.0 Å².